The van der Waals surface area contributed by atoms with Gasteiger partial charge in [0.05, 0.1) is 24.7 Å². The largest absolute Gasteiger partial charge is 0.350 e. The molecule has 1 aliphatic heterocycles. The van der Waals surface area contributed by atoms with Gasteiger partial charge >= 0.3 is 0 Å². The predicted octanol–water partition coefficient (Wildman–Crippen LogP) is 1.07. The van der Waals surface area contributed by atoms with E-state index >= 15 is 0 Å². The average molecular weight is 341 g/mol. The van der Waals surface area contributed by atoms with Crippen LogP contribution in [-0.2, 0) is 24.3 Å². The summed E-state index contributed by atoms with van der Waals surface area (Å²) in [4.78, 5) is 29.4. The van der Waals surface area contributed by atoms with Crippen LogP contribution in [0.4, 0.5) is 0 Å². The minimum absolute atomic E-state index is 0.0293. The third-order valence-electron chi connectivity index (χ3n) is 3.93. The van der Waals surface area contributed by atoms with Crippen LogP contribution in [0.2, 0.25) is 0 Å². The summed E-state index contributed by atoms with van der Waals surface area (Å²) in [6.45, 7) is 0.990. The molecular formula is C15H15N7OS. The first-order valence-electron chi connectivity index (χ1n) is 7.66. The van der Waals surface area contributed by atoms with Crippen LogP contribution in [0.5, 0.6) is 0 Å². The molecule has 1 atom stereocenters. The maximum Gasteiger partial charge on any atom is 0.225 e. The summed E-state index contributed by atoms with van der Waals surface area (Å²) in [6, 6.07) is 1.77. The zero-order valence-corrected chi connectivity index (χ0v) is 13.6. The molecule has 3 aromatic heterocycles. The molecule has 1 N–H and O–H groups in total. The third-order valence-corrected chi connectivity index (χ3v) is 4.82. The molecule has 0 aromatic carbocycles. The summed E-state index contributed by atoms with van der Waals surface area (Å²) in [5, 5.41) is 9.78. The second-order valence-electron chi connectivity index (χ2n) is 5.53. The normalized spacial score (nSPS) is 16.6. The Labute approximate surface area is 142 Å². The minimum Gasteiger partial charge on any atom is -0.350 e. The van der Waals surface area contributed by atoms with E-state index < -0.39 is 0 Å². The number of carbonyl (C=O) groups is 1. The zero-order valence-electron chi connectivity index (χ0n) is 12.8. The fraction of sp³-hybridized carbons (Fsp3) is 0.333. The van der Waals surface area contributed by atoms with Gasteiger partial charge in [-0.3, -0.25) is 4.79 Å². The lowest BCUT2D eigenvalue weighted by Gasteiger charge is -2.21. The highest BCUT2D eigenvalue weighted by Gasteiger charge is 2.25. The molecule has 0 fully saturated rings. The molecule has 0 spiro atoms. The molecule has 8 nitrogen and oxygen atoms in total. The van der Waals surface area contributed by atoms with Crippen molar-refractivity contribution in [3.63, 3.8) is 0 Å². The molecule has 0 saturated carbocycles. The van der Waals surface area contributed by atoms with Gasteiger partial charge in [0.15, 0.2) is 10.8 Å². The van der Waals surface area contributed by atoms with E-state index in [2.05, 4.69) is 30.4 Å². The lowest BCUT2D eigenvalue weighted by atomic mass is 9.99. The summed E-state index contributed by atoms with van der Waals surface area (Å²) >= 11 is 1.47. The first-order valence-corrected chi connectivity index (χ1v) is 8.54. The van der Waals surface area contributed by atoms with Gasteiger partial charge < -0.3 is 5.32 Å². The molecule has 1 aliphatic rings. The summed E-state index contributed by atoms with van der Waals surface area (Å²) in [6.07, 6.45) is 6.49. The Morgan fingerprint density at radius 2 is 2.21 bits per heavy atom. The molecule has 24 heavy (non-hydrogen) atoms. The Bertz CT molecular complexity index is 844. The third kappa shape index (κ3) is 3.02. The van der Waals surface area contributed by atoms with Crippen molar-refractivity contribution < 1.29 is 4.79 Å². The van der Waals surface area contributed by atoms with E-state index in [1.807, 2.05) is 5.38 Å². The summed E-state index contributed by atoms with van der Waals surface area (Å²) in [5.74, 6) is 1.51. The van der Waals surface area contributed by atoms with Crippen molar-refractivity contribution in [2.45, 2.75) is 25.9 Å². The molecule has 1 amide bonds. The topological polar surface area (TPSA) is 98.5 Å². The number of rotatable bonds is 4. The van der Waals surface area contributed by atoms with E-state index in [1.165, 1.54) is 17.7 Å². The van der Waals surface area contributed by atoms with E-state index in [4.69, 9.17) is 0 Å². The van der Waals surface area contributed by atoms with Crippen LogP contribution in [-0.4, -0.2) is 35.6 Å². The second kappa shape index (κ2) is 6.44. The Hall–Kier alpha value is -2.68. The second-order valence-corrected chi connectivity index (χ2v) is 6.39. The van der Waals surface area contributed by atoms with Gasteiger partial charge in [-0.25, -0.2) is 24.6 Å². The van der Waals surface area contributed by atoms with Crippen molar-refractivity contribution >= 4 is 17.2 Å². The average Bonchev–Trinajstić information content (AvgIpc) is 3.29. The monoisotopic (exact) mass is 341 g/mol. The summed E-state index contributed by atoms with van der Waals surface area (Å²) in [5.41, 5.74) is 0.813. The van der Waals surface area contributed by atoms with Crippen LogP contribution in [0.1, 0.15) is 17.9 Å². The highest BCUT2D eigenvalue weighted by Crippen LogP contribution is 2.20. The number of aromatic nitrogens is 6. The smallest absolute Gasteiger partial charge is 0.225 e. The maximum atomic E-state index is 12.4. The molecule has 1 unspecified atom stereocenters. The number of amides is 1. The van der Waals surface area contributed by atoms with E-state index in [0.29, 0.717) is 18.9 Å². The van der Waals surface area contributed by atoms with Gasteiger partial charge in [0.25, 0.3) is 0 Å². The van der Waals surface area contributed by atoms with Crippen LogP contribution in [0.3, 0.4) is 0 Å². The maximum absolute atomic E-state index is 12.4. The standard InChI is InChI=1S/C15H15N7OS/c23-14(10-2-3-12-19-9-20-22(12)7-10)18-6-11-8-24-15(21-11)13-16-4-1-5-17-13/h1,4-5,8-10H,2-3,6-7H2,(H,18,23). The SMILES string of the molecule is O=C(NCc1csc(-c2ncccn2)n1)C1CCc2ncnn2C1. The molecule has 122 valence electrons. The Morgan fingerprint density at radius 1 is 1.33 bits per heavy atom. The molecule has 4 heterocycles. The quantitative estimate of drug-likeness (QED) is 0.762. The Balaban J connectivity index is 1.36. The van der Waals surface area contributed by atoms with Crippen LogP contribution >= 0.6 is 11.3 Å². The van der Waals surface area contributed by atoms with Gasteiger partial charge in [-0.05, 0) is 12.5 Å². The molecule has 3 aromatic rings. The number of aryl methyl sites for hydroxylation is 1. The number of hydrogen-bond acceptors (Lipinski definition) is 7. The molecule has 0 bridgehead atoms. The predicted molar refractivity (Wildman–Crippen MR) is 86.8 cm³/mol. The number of nitrogens with zero attached hydrogens (tertiary/aromatic N) is 6. The van der Waals surface area contributed by atoms with E-state index in [-0.39, 0.29) is 11.8 Å². The van der Waals surface area contributed by atoms with E-state index in [9.17, 15) is 4.79 Å². The van der Waals surface area contributed by atoms with E-state index in [1.54, 1.807) is 23.1 Å². The van der Waals surface area contributed by atoms with Gasteiger partial charge in [-0.1, -0.05) is 0 Å². The Morgan fingerprint density at radius 3 is 3.08 bits per heavy atom. The molecule has 0 saturated heterocycles. The Kier molecular flexibility index (Phi) is 3.99. The fourth-order valence-corrected chi connectivity index (χ4v) is 3.44. The minimum atomic E-state index is -0.0743. The molecule has 0 radical (unpaired) electrons. The van der Waals surface area contributed by atoms with E-state index in [0.717, 1.165) is 29.4 Å². The fourth-order valence-electron chi connectivity index (χ4n) is 2.67. The number of fused-ring (bicyclic) bond motifs is 1. The van der Waals surface area contributed by atoms with Crippen LogP contribution in [0.15, 0.2) is 30.2 Å². The highest BCUT2D eigenvalue weighted by atomic mass is 32.1. The lowest BCUT2D eigenvalue weighted by Crippen LogP contribution is -2.36. The van der Waals surface area contributed by atoms with Gasteiger partial charge in [-0.2, -0.15) is 5.10 Å². The van der Waals surface area contributed by atoms with Crippen molar-refractivity contribution in [3.05, 3.63) is 41.7 Å². The first-order chi connectivity index (χ1) is 11.8. The van der Waals surface area contributed by atoms with Crippen LogP contribution in [0, 0.1) is 5.92 Å². The summed E-state index contributed by atoms with van der Waals surface area (Å²) in [7, 11) is 0. The van der Waals surface area contributed by atoms with Gasteiger partial charge in [0.1, 0.15) is 12.2 Å². The first kappa shape index (κ1) is 14.9. The molecule has 9 heteroatoms. The van der Waals surface area contributed by atoms with Crippen molar-refractivity contribution in [1.82, 2.24) is 35.0 Å². The van der Waals surface area contributed by atoms with Crippen molar-refractivity contribution in [3.8, 4) is 10.8 Å². The van der Waals surface area contributed by atoms with Crippen molar-refractivity contribution in [2.75, 3.05) is 0 Å². The molecule has 4 rings (SSSR count). The van der Waals surface area contributed by atoms with Gasteiger partial charge in [0.2, 0.25) is 5.91 Å². The van der Waals surface area contributed by atoms with Gasteiger partial charge in [0, 0.05) is 24.2 Å². The number of carbonyl (C=O) groups excluding carboxylic acids is 1. The molecular weight excluding hydrogens is 326 g/mol. The van der Waals surface area contributed by atoms with Crippen LogP contribution in [0.25, 0.3) is 10.8 Å². The number of thiazole rings is 1. The highest BCUT2D eigenvalue weighted by molar-refractivity contribution is 7.13. The lowest BCUT2D eigenvalue weighted by molar-refractivity contribution is -0.126. The zero-order chi connectivity index (χ0) is 16.4. The van der Waals surface area contributed by atoms with Crippen LogP contribution < -0.4 is 5.32 Å². The van der Waals surface area contributed by atoms with Gasteiger partial charge in [-0.15, -0.1) is 11.3 Å². The van der Waals surface area contributed by atoms with Crippen molar-refractivity contribution in [2.24, 2.45) is 5.92 Å². The molecule has 0 aliphatic carbocycles. The number of nitrogens with one attached hydrogen (secondary N) is 1. The van der Waals surface area contributed by atoms with Crippen molar-refractivity contribution in [1.29, 1.82) is 0 Å². The summed E-state index contributed by atoms with van der Waals surface area (Å²) < 4.78 is 1.81. The number of hydrogen-bond donors (Lipinski definition) is 1.